The first-order valence-electron chi connectivity index (χ1n) is 6.67. The third-order valence-electron chi connectivity index (χ3n) is 3.50. The molecule has 0 heterocycles. The molecular formula is C13H11I4O5S-. The molecule has 0 atom stereocenters. The van der Waals surface area contributed by atoms with E-state index >= 15 is 0 Å². The van der Waals surface area contributed by atoms with Crippen LogP contribution in [0, 0.1) is 14.3 Å². The van der Waals surface area contributed by atoms with Gasteiger partial charge in [-0.2, -0.15) is 0 Å². The first-order chi connectivity index (χ1) is 10.6. The summed E-state index contributed by atoms with van der Waals surface area (Å²) in [5.41, 5.74) is -0.125. The molecule has 1 aromatic carbocycles. The van der Waals surface area contributed by atoms with E-state index in [2.05, 4.69) is 0 Å². The molecule has 1 fully saturated rings. The first-order valence-corrected chi connectivity index (χ1v) is 12.4. The molecule has 0 saturated heterocycles. The van der Waals surface area contributed by atoms with Crippen molar-refractivity contribution in [2.45, 2.75) is 43.1 Å². The molecule has 0 N–H and O–H groups in total. The van der Waals surface area contributed by atoms with Crippen LogP contribution in [0.1, 0.15) is 42.5 Å². The van der Waals surface area contributed by atoms with E-state index in [1.54, 1.807) is 22.6 Å². The van der Waals surface area contributed by atoms with E-state index in [0.717, 1.165) is 35.7 Å². The van der Waals surface area contributed by atoms with Crippen molar-refractivity contribution in [2.75, 3.05) is 0 Å². The second-order valence-electron chi connectivity index (χ2n) is 5.08. The van der Waals surface area contributed by atoms with Crippen molar-refractivity contribution in [3.8, 4) is 0 Å². The summed E-state index contributed by atoms with van der Waals surface area (Å²) in [5, 5.41) is 0. The van der Waals surface area contributed by atoms with Crippen LogP contribution in [0.25, 0.3) is 0 Å². The van der Waals surface area contributed by atoms with Crippen molar-refractivity contribution in [3.05, 3.63) is 19.8 Å². The molecular weight excluding hydrogens is 776 g/mol. The average Bonchev–Trinajstić information content (AvgIpc) is 2.48. The summed E-state index contributed by atoms with van der Waals surface area (Å²) in [7, 11) is -4.78. The molecule has 5 nitrogen and oxygen atoms in total. The SMILES string of the molecule is O=C(OC1CCCCC1)c1c(I)c(I)c(I)c(I)c1S(=O)(=O)[O-]. The number of ether oxygens (including phenoxy) is 1. The summed E-state index contributed by atoms with van der Waals surface area (Å²) in [6.07, 6.45) is 4.45. The van der Waals surface area contributed by atoms with Gasteiger partial charge in [0.2, 0.25) is 0 Å². The first kappa shape index (κ1) is 20.8. The van der Waals surface area contributed by atoms with Gasteiger partial charge in [0.1, 0.15) is 16.2 Å². The van der Waals surface area contributed by atoms with Crippen molar-refractivity contribution in [1.82, 2.24) is 0 Å². The summed E-state index contributed by atoms with van der Waals surface area (Å²) in [6.45, 7) is 0. The molecule has 1 saturated carbocycles. The topological polar surface area (TPSA) is 83.5 Å². The van der Waals surface area contributed by atoms with Crippen molar-refractivity contribution < 1.29 is 22.5 Å². The highest BCUT2D eigenvalue weighted by Gasteiger charge is 2.30. The van der Waals surface area contributed by atoms with E-state index in [-0.39, 0.29) is 15.2 Å². The van der Waals surface area contributed by atoms with Gasteiger partial charge in [0.25, 0.3) is 0 Å². The molecule has 128 valence electrons. The summed E-state index contributed by atoms with van der Waals surface area (Å²) in [6, 6.07) is 0. The maximum absolute atomic E-state index is 12.6. The number of carbonyl (C=O) groups excluding carboxylic acids is 1. The highest BCUT2D eigenvalue weighted by atomic mass is 127. The molecule has 1 aliphatic carbocycles. The Kier molecular flexibility index (Phi) is 7.67. The molecule has 10 heteroatoms. The van der Waals surface area contributed by atoms with Crippen molar-refractivity contribution in [1.29, 1.82) is 0 Å². The maximum Gasteiger partial charge on any atom is 0.340 e. The minimum Gasteiger partial charge on any atom is -0.744 e. The third-order valence-corrected chi connectivity index (χ3v) is 12.2. The Balaban J connectivity index is 2.53. The molecule has 2 rings (SSSR count). The standard InChI is InChI=1S/C13H12I4O5S/c14-8-7(13(18)22-6-4-2-1-3-5-6)12(23(19,20)21)11(17)10(16)9(8)15/h6H,1-5H2,(H,19,20,21)/p-1. The van der Waals surface area contributed by atoms with Gasteiger partial charge >= 0.3 is 5.97 Å². The van der Waals surface area contributed by atoms with Crippen LogP contribution < -0.4 is 0 Å². The zero-order chi connectivity index (χ0) is 17.4. The van der Waals surface area contributed by atoms with Gasteiger partial charge in [-0.25, -0.2) is 13.2 Å². The van der Waals surface area contributed by atoms with Crippen molar-refractivity contribution >= 4 is 106 Å². The highest BCUT2D eigenvalue weighted by molar-refractivity contribution is 14.1. The lowest BCUT2D eigenvalue weighted by atomic mass is 9.98. The Morgan fingerprint density at radius 2 is 1.48 bits per heavy atom. The Labute approximate surface area is 189 Å². The number of rotatable bonds is 3. The predicted octanol–water partition coefficient (Wildman–Crippen LogP) is 4.50. The van der Waals surface area contributed by atoms with Gasteiger partial charge in [-0.1, -0.05) is 6.42 Å². The fourth-order valence-electron chi connectivity index (χ4n) is 2.42. The Hall–Kier alpha value is 1.52. The van der Waals surface area contributed by atoms with E-state index in [4.69, 9.17) is 4.74 Å². The number of carbonyl (C=O) groups is 1. The number of halogens is 4. The fourth-order valence-corrected chi connectivity index (χ4v) is 7.76. The molecule has 1 aromatic rings. The Bertz CT molecular complexity index is 741. The zero-order valence-electron chi connectivity index (χ0n) is 11.6. The van der Waals surface area contributed by atoms with Crippen LogP contribution >= 0.6 is 90.4 Å². The van der Waals surface area contributed by atoms with Crippen LogP contribution in [0.15, 0.2) is 4.90 Å². The van der Waals surface area contributed by atoms with Gasteiger partial charge in [0.05, 0.1) is 10.5 Å². The van der Waals surface area contributed by atoms with E-state index in [1.165, 1.54) is 0 Å². The normalized spacial score (nSPS) is 16.4. The molecule has 23 heavy (non-hydrogen) atoms. The molecule has 0 aliphatic heterocycles. The van der Waals surface area contributed by atoms with Crippen LogP contribution in [-0.4, -0.2) is 25.0 Å². The monoisotopic (exact) mass is 787 g/mol. The van der Waals surface area contributed by atoms with Crippen LogP contribution in [0.5, 0.6) is 0 Å². The van der Waals surface area contributed by atoms with Crippen molar-refractivity contribution in [3.63, 3.8) is 0 Å². The lowest BCUT2D eigenvalue weighted by molar-refractivity contribution is 0.0204. The van der Waals surface area contributed by atoms with E-state index < -0.39 is 21.0 Å². The van der Waals surface area contributed by atoms with Gasteiger partial charge < -0.3 is 9.29 Å². The number of hydrogen-bond donors (Lipinski definition) is 0. The lowest BCUT2D eigenvalue weighted by Crippen LogP contribution is -2.24. The maximum atomic E-state index is 12.6. The second kappa shape index (κ2) is 8.47. The van der Waals surface area contributed by atoms with Gasteiger partial charge in [-0.05, 0) is 116 Å². The molecule has 0 radical (unpaired) electrons. The minimum atomic E-state index is -4.78. The van der Waals surface area contributed by atoms with Gasteiger partial charge in [0, 0.05) is 14.3 Å². The van der Waals surface area contributed by atoms with Crippen LogP contribution in [0.4, 0.5) is 0 Å². The Morgan fingerprint density at radius 3 is 2.00 bits per heavy atom. The van der Waals surface area contributed by atoms with E-state index in [0.29, 0.717) is 7.14 Å². The largest absolute Gasteiger partial charge is 0.744 e. The second-order valence-corrected chi connectivity index (χ2v) is 10.7. The lowest BCUT2D eigenvalue weighted by Gasteiger charge is -2.24. The number of esters is 1. The molecule has 0 amide bonds. The summed E-state index contributed by atoms with van der Waals surface area (Å²) >= 11 is 7.73. The minimum absolute atomic E-state index is 0.125. The molecule has 0 aromatic heterocycles. The van der Waals surface area contributed by atoms with Gasteiger partial charge in [0.15, 0.2) is 0 Å². The summed E-state index contributed by atoms with van der Waals surface area (Å²) in [5.74, 6) is -0.719. The smallest absolute Gasteiger partial charge is 0.340 e. The van der Waals surface area contributed by atoms with Crippen LogP contribution in [0.3, 0.4) is 0 Å². The van der Waals surface area contributed by atoms with Crippen LogP contribution in [0.2, 0.25) is 0 Å². The quantitative estimate of drug-likeness (QED) is 0.148. The third kappa shape index (κ3) is 4.82. The van der Waals surface area contributed by atoms with Crippen molar-refractivity contribution in [2.24, 2.45) is 0 Å². The van der Waals surface area contributed by atoms with Gasteiger partial charge in [-0.3, -0.25) is 0 Å². The fraction of sp³-hybridized carbons (Fsp3) is 0.462. The van der Waals surface area contributed by atoms with E-state index in [1.807, 2.05) is 67.8 Å². The highest BCUT2D eigenvalue weighted by Crippen LogP contribution is 2.36. The molecule has 0 unspecified atom stereocenters. The molecule has 0 spiro atoms. The zero-order valence-corrected chi connectivity index (χ0v) is 21.0. The molecule has 0 bridgehead atoms. The summed E-state index contributed by atoms with van der Waals surface area (Å²) in [4.78, 5) is 12.1. The molecule has 1 aliphatic rings. The predicted molar refractivity (Wildman–Crippen MR) is 118 cm³/mol. The Morgan fingerprint density at radius 1 is 0.957 bits per heavy atom. The average molecular weight is 787 g/mol. The van der Waals surface area contributed by atoms with E-state index in [9.17, 15) is 17.8 Å². The summed E-state index contributed by atoms with van der Waals surface area (Å²) < 4.78 is 42.7. The van der Waals surface area contributed by atoms with Crippen LogP contribution in [-0.2, 0) is 14.9 Å². The van der Waals surface area contributed by atoms with Gasteiger partial charge in [-0.15, -0.1) is 0 Å². The number of benzene rings is 1. The number of hydrogen-bond acceptors (Lipinski definition) is 5.